The lowest BCUT2D eigenvalue weighted by atomic mass is 10.1. The highest BCUT2D eigenvalue weighted by Crippen LogP contribution is 2.27. The summed E-state index contributed by atoms with van der Waals surface area (Å²) in [5.41, 5.74) is 3.30. The van der Waals surface area contributed by atoms with Crippen molar-refractivity contribution in [2.45, 2.75) is 6.92 Å². The Morgan fingerprint density at radius 3 is 2.67 bits per heavy atom. The van der Waals surface area contributed by atoms with Crippen molar-refractivity contribution in [1.29, 1.82) is 0 Å². The summed E-state index contributed by atoms with van der Waals surface area (Å²) >= 11 is 1.35. The van der Waals surface area contributed by atoms with Crippen LogP contribution < -0.4 is 5.32 Å². The molecule has 0 saturated carbocycles. The molecule has 6 rings (SSSR count). The smallest absolute Gasteiger partial charge is 0.269 e. The van der Waals surface area contributed by atoms with Gasteiger partial charge in [-0.25, -0.2) is 14.2 Å². The van der Waals surface area contributed by atoms with Crippen LogP contribution in [0.4, 0.5) is 11.6 Å². The Morgan fingerprint density at radius 2 is 1.86 bits per heavy atom. The number of nitro benzene ring substituents is 1. The first-order chi connectivity index (χ1) is 17.5. The molecule has 36 heavy (non-hydrogen) atoms. The first-order valence-electron chi connectivity index (χ1n) is 10.8. The molecule has 0 aliphatic carbocycles. The molecule has 12 heteroatoms. The normalized spacial score (nSPS) is 11.2. The minimum absolute atomic E-state index is 0.00609. The lowest BCUT2D eigenvalue weighted by Gasteiger charge is -2.06. The Bertz CT molecular complexity index is 1780. The number of thiazole rings is 1. The number of hydrogen-bond acceptors (Lipinski definition) is 8. The summed E-state index contributed by atoms with van der Waals surface area (Å²) in [6.07, 6.45) is 1.49. The zero-order chi connectivity index (χ0) is 24.8. The zero-order valence-electron chi connectivity index (χ0n) is 18.7. The van der Waals surface area contributed by atoms with Crippen molar-refractivity contribution in [1.82, 2.24) is 29.4 Å². The van der Waals surface area contributed by atoms with Crippen molar-refractivity contribution >= 4 is 44.7 Å². The van der Waals surface area contributed by atoms with E-state index in [9.17, 15) is 14.9 Å². The first kappa shape index (κ1) is 21.6. The molecule has 0 aliphatic rings. The van der Waals surface area contributed by atoms with Gasteiger partial charge in [0.1, 0.15) is 0 Å². The fourth-order valence-electron chi connectivity index (χ4n) is 3.89. The van der Waals surface area contributed by atoms with Gasteiger partial charge in [-0.3, -0.25) is 20.2 Å². The Hall–Kier alpha value is -4.97. The number of non-ortho nitro benzene ring substituents is 1. The third-order valence-corrected chi connectivity index (χ3v) is 6.55. The molecule has 4 aromatic heterocycles. The summed E-state index contributed by atoms with van der Waals surface area (Å²) in [6, 6.07) is 17.8. The molecule has 0 bridgehead atoms. The molecule has 11 nitrogen and oxygen atoms in total. The number of pyridine rings is 1. The van der Waals surface area contributed by atoms with Crippen LogP contribution in [-0.2, 0) is 0 Å². The highest BCUT2D eigenvalue weighted by molar-refractivity contribution is 7.15. The van der Waals surface area contributed by atoms with Crippen LogP contribution in [0.5, 0.6) is 0 Å². The molecular formula is C24H16N8O3S. The molecule has 6 aromatic rings. The molecule has 1 N–H and O–H groups in total. The van der Waals surface area contributed by atoms with Crippen molar-refractivity contribution in [3.63, 3.8) is 0 Å². The zero-order valence-corrected chi connectivity index (χ0v) is 19.5. The van der Waals surface area contributed by atoms with Crippen molar-refractivity contribution in [3.8, 4) is 17.1 Å². The maximum absolute atomic E-state index is 13.0. The van der Waals surface area contributed by atoms with Crippen LogP contribution in [0, 0.1) is 17.0 Å². The predicted octanol–water partition coefficient (Wildman–Crippen LogP) is 4.66. The van der Waals surface area contributed by atoms with Gasteiger partial charge in [0.2, 0.25) is 4.96 Å². The van der Waals surface area contributed by atoms with Gasteiger partial charge in [-0.15, -0.1) is 16.4 Å². The second kappa shape index (κ2) is 8.36. The molecule has 0 radical (unpaired) electrons. The summed E-state index contributed by atoms with van der Waals surface area (Å²) in [6.45, 7) is 1.80. The van der Waals surface area contributed by atoms with Gasteiger partial charge in [0, 0.05) is 28.5 Å². The molecule has 4 heterocycles. The minimum Gasteiger partial charge on any atom is -0.289 e. The number of amides is 1. The summed E-state index contributed by atoms with van der Waals surface area (Å²) in [5, 5.41) is 25.3. The van der Waals surface area contributed by atoms with Crippen LogP contribution >= 0.6 is 11.3 Å². The molecule has 0 saturated heterocycles. The maximum atomic E-state index is 13.0. The minimum atomic E-state index is -0.448. The van der Waals surface area contributed by atoms with E-state index in [2.05, 4.69) is 25.5 Å². The van der Waals surface area contributed by atoms with Crippen LogP contribution in [0.25, 0.3) is 32.9 Å². The number of nitrogens with one attached hydrogen (secondary N) is 1. The van der Waals surface area contributed by atoms with Gasteiger partial charge in [0.15, 0.2) is 5.82 Å². The summed E-state index contributed by atoms with van der Waals surface area (Å²) < 4.78 is 3.21. The average molecular weight is 497 g/mol. The van der Waals surface area contributed by atoms with Crippen molar-refractivity contribution in [2.75, 3.05) is 5.32 Å². The number of fused-ring (bicyclic) bond motifs is 2. The molecule has 0 aliphatic heterocycles. The third-order valence-electron chi connectivity index (χ3n) is 5.74. The van der Waals surface area contributed by atoms with Crippen molar-refractivity contribution in [2.24, 2.45) is 0 Å². The van der Waals surface area contributed by atoms with Crippen molar-refractivity contribution < 1.29 is 9.72 Å². The lowest BCUT2D eigenvalue weighted by molar-refractivity contribution is -0.384. The Labute approximate surface area is 206 Å². The van der Waals surface area contributed by atoms with Gasteiger partial charge < -0.3 is 0 Å². The maximum Gasteiger partial charge on any atom is 0.269 e. The third kappa shape index (κ3) is 3.65. The number of nitro groups is 1. The van der Waals surface area contributed by atoms with Gasteiger partial charge >= 0.3 is 0 Å². The highest BCUT2D eigenvalue weighted by atomic mass is 32.1. The molecule has 1 amide bonds. The van der Waals surface area contributed by atoms with Crippen LogP contribution in [0.2, 0.25) is 0 Å². The summed E-state index contributed by atoms with van der Waals surface area (Å²) in [7, 11) is 0. The number of rotatable bonds is 5. The van der Waals surface area contributed by atoms with E-state index < -0.39 is 10.8 Å². The topological polar surface area (TPSA) is 133 Å². The molecule has 0 spiro atoms. The van der Waals surface area contributed by atoms with E-state index in [1.165, 1.54) is 29.7 Å². The van der Waals surface area contributed by atoms with E-state index in [0.717, 1.165) is 16.5 Å². The number of carbonyl (C=O) groups excluding carboxylic acids is 1. The fraction of sp³-hybridized carbons (Fsp3) is 0.0417. The number of anilines is 1. The van der Waals surface area contributed by atoms with Crippen LogP contribution in [0.1, 0.15) is 16.1 Å². The SMILES string of the molecule is Cc1c(C(=O)Nc2nc3scc(-c4ccc([N+](=O)[O-])cc4)n3n2)cnn1-c1ccc2ccccc2n1. The average Bonchev–Trinajstić information content (AvgIpc) is 3.58. The van der Waals surface area contributed by atoms with E-state index >= 15 is 0 Å². The summed E-state index contributed by atoms with van der Waals surface area (Å²) in [5.74, 6) is 0.360. The monoisotopic (exact) mass is 496 g/mol. The Balaban J connectivity index is 1.26. The quantitative estimate of drug-likeness (QED) is 0.271. The van der Waals surface area contributed by atoms with Gasteiger partial charge in [-0.05, 0) is 37.3 Å². The van der Waals surface area contributed by atoms with E-state index in [1.54, 1.807) is 28.3 Å². The standard InChI is InChI=1S/C24H16N8O3S/c1-14-18(12-25-30(14)21-11-8-15-4-2-3-5-19(15)26-21)22(33)27-23-28-24-31(29-23)20(13-36-24)16-6-9-17(10-7-16)32(34)35/h2-13H,1H3,(H,27,29,33). The number of nitrogens with zero attached hydrogens (tertiary/aromatic N) is 7. The molecular weight excluding hydrogens is 480 g/mol. The highest BCUT2D eigenvalue weighted by Gasteiger charge is 2.19. The number of benzene rings is 2. The Morgan fingerprint density at radius 1 is 1.06 bits per heavy atom. The van der Waals surface area contributed by atoms with E-state index in [4.69, 9.17) is 0 Å². The van der Waals surface area contributed by atoms with Gasteiger partial charge in [0.25, 0.3) is 17.5 Å². The molecule has 0 unspecified atom stereocenters. The second-order valence-electron chi connectivity index (χ2n) is 7.93. The van der Waals surface area contributed by atoms with Crippen LogP contribution in [0.3, 0.4) is 0 Å². The Kier molecular flexibility index (Phi) is 5.00. The largest absolute Gasteiger partial charge is 0.289 e. The van der Waals surface area contributed by atoms with E-state index in [1.807, 2.05) is 41.8 Å². The van der Waals surface area contributed by atoms with E-state index in [0.29, 0.717) is 27.7 Å². The number of carbonyl (C=O) groups is 1. The van der Waals surface area contributed by atoms with Gasteiger partial charge in [0.05, 0.1) is 33.6 Å². The van der Waals surface area contributed by atoms with Gasteiger partial charge in [-0.1, -0.05) is 18.2 Å². The summed E-state index contributed by atoms with van der Waals surface area (Å²) in [4.78, 5) is 33.1. The second-order valence-corrected chi connectivity index (χ2v) is 8.76. The van der Waals surface area contributed by atoms with Crippen molar-refractivity contribution in [3.05, 3.63) is 93.6 Å². The molecule has 176 valence electrons. The molecule has 0 fully saturated rings. The molecule has 2 aromatic carbocycles. The van der Waals surface area contributed by atoms with E-state index in [-0.39, 0.29) is 11.6 Å². The molecule has 0 atom stereocenters. The van der Waals surface area contributed by atoms with Crippen LogP contribution in [0.15, 0.2) is 72.2 Å². The number of para-hydroxylation sites is 1. The lowest BCUT2D eigenvalue weighted by Crippen LogP contribution is -2.14. The first-order valence-corrected chi connectivity index (χ1v) is 11.7. The fourth-order valence-corrected chi connectivity index (χ4v) is 4.72. The predicted molar refractivity (Wildman–Crippen MR) is 135 cm³/mol. The van der Waals surface area contributed by atoms with Crippen LogP contribution in [-0.4, -0.2) is 40.2 Å². The van der Waals surface area contributed by atoms with Gasteiger partial charge in [-0.2, -0.15) is 10.1 Å². The number of aromatic nitrogens is 6. The number of hydrogen-bond donors (Lipinski definition) is 1.